The standard InChI is InChI=1S/C16H20Cl2N2/c1-3-20-15(9-13(2)19-20)10-16(11-17,12-18)14-7-5-4-6-8-14/h4-9H,3,10-12H2,1-2H3. The van der Waals surface area contributed by atoms with Crippen LogP contribution < -0.4 is 0 Å². The molecule has 0 aliphatic heterocycles. The number of nitrogens with zero attached hydrogens (tertiary/aromatic N) is 2. The van der Waals surface area contributed by atoms with Crippen molar-refractivity contribution in [2.45, 2.75) is 32.2 Å². The van der Waals surface area contributed by atoms with Crippen LogP contribution in [-0.4, -0.2) is 21.5 Å². The monoisotopic (exact) mass is 310 g/mol. The smallest absolute Gasteiger partial charge is 0.0596 e. The van der Waals surface area contributed by atoms with Gasteiger partial charge in [-0.2, -0.15) is 5.10 Å². The van der Waals surface area contributed by atoms with Crippen LogP contribution in [0.2, 0.25) is 0 Å². The zero-order valence-electron chi connectivity index (χ0n) is 11.9. The third-order valence-electron chi connectivity index (χ3n) is 3.70. The van der Waals surface area contributed by atoms with Crippen LogP contribution in [0, 0.1) is 6.92 Å². The number of aryl methyl sites for hydroxylation is 2. The average molecular weight is 311 g/mol. The lowest BCUT2D eigenvalue weighted by molar-refractivity contribution is 0.498. The van der Waals surface area contributed by atoms with E-state index in [2.05, 4.69) is 30.2 Å². The summed E-state index contributed by atoms with van der Waals surface area (Å²) in [6.07, 6.45) is 0.804. The number of hydrogen-bond acceptors (Lipinski definition) is 1. The van der Waals surface area contributed by atoms with E-state index < -0.39 is 0 Å². The fourth-order valence-electron chi connectivity index (χ4n) is 2.54. The second-order valence-electron chi connectivity index (χ2n) is 5.18. The number of alkyl halides is 2. The van der Waals surface area contributed by atoms with Crippen LogP contribution in [-0.2, 0) is 18.4 Å². The summed E-state index contributed by atoms with van der Waals surface area (Å²) >= 11 is 12.6. The Hall–Kier alpha value is -0.990. The number of halogens is 2. The van der Waals surface area contributed by atoms with Gasteiger partial charge < -0.3 is 0 Å². The molecule has 0 saturated carbocycles. The van der Waals surface area contributed by atoms with Gasteiger partial charge in [0.1, 0.15) is 0 Å². The van der Waals surface area contributed by atoms with Gasteiger partial charge in [-0.25, -0.2) is 0 Å². The minimum Gasteiger partial charge on any atom is -0.270 e. The Morgan fingerprint density at radius 1 is 1.15 bits per heavy atom. The molecule has 0 aliphatic carbocycles. The molecule has 2 rings (SSSR count). The Kier molecular flexibility index (Phi) is 5.11. The molecule has 20 heavy (non-hydrogen) atoms. The van der Waals surface area contributed by atoms with E-state index in [1.165, 1.54) is 11.3 Å². The van der Waals surface area contributed by atoms with E-state index in [1.54, 1.807) is 0 Å². The first-order valence-corrected chi connectivity index (χ1v) is 7.93. The molecule has 4 heteroatoms. The number of hydrogen-bond donors (Lipinski definition) is 0. The summed E-state index contributed by atoms with van der Waals surface area (Å²) in [5.41, 5.74) is 3.17. The van der Waals surface area contributed by atoms with Gasteiger partial charge in [0, 0.05) is 35.8 Å². The molecule has 0 fully saturated rings. The van der Waals surface area contributed by atoms with E-state index in [0.29, 0.717) is 11.8 Å². The molecule has 108 valence electrons. The van der Waals surface area contributed by atoms with Crippen LogP contribution >= 0.6 is 23.2 Å². The molecule has 0 radical (unpaired) electrons. The van der Waals surface area contributed by atoms with Crippen LogP contribution in [0.4, 0.5) is 0 Å². The molecule has 2 aromatic rings. The normalized spacial score (nSPS) is 11.8. The fourth-order valence-corrected chi connectivity index (χ4v) is 3.32. The maximum absolute atomic E-state index is 6.30. The maximum atomic E-state index is 6.30. The molecule has 0 bridgehead atoms. The summed E-state index contributed by atoms with van der Waals surface area (Å²) < 4.78 is 2.03. The zero-order valence-corrected chi connectivity index (χ0v) is 13.5. The SMILES string of the molecule is CCn1nc(C)cc1CC(CCl)(CCl)c1ccccc1. The van der Waals surface area contributed by atoms with Gasteiger partial charge in [-0.05, 0) is 25.5 Å². The van der Waals surface area contributed by atoms with Crippen LogP contribution in [0.25, 0.3) is 0 Å². The molecule has 1 heterocycles. The van der Waals surface area contributed by atoms with Crippen molar-refractivity contribution in [2.24, 2.45) is 0 Å². The van der Waals surface area contributed by atoms with E-state index in [9.17, 15) is 0 Å². The van der Waals surface area contributed by atoms with Gasteiger partial charge in [-0.3, -0.25) is 4.68 Å². The number of rotatable bonds is 6. The Bertz CT molecular complexity index is 545. The predicted molar refractivity (Wildman–Crippen MR) is 85.9 cm³/mol. The molecule has 0 N–H and O–H groups in total. The maximum Gasteiger partial charge on any atom is 0.0596 e. The van der Waals surface area contributed by atoms with Gasteiger partial charge in [0.2, 0.25) is 0 Å². The fraction of sp³-hybridized carbons (Fsp3) is 0.438. The Morgan fingerprint density at radius 3 is 2.35 bits per heavy atom. The van der Waals surface area contributed by atoms with Crippen molar-refractivity contribution < 1.29 is 0 Å². The van der Waals surface area contributed by atoms with Crippen molar-refractivity contribution in [3.8, 4) is 0 Å². The van der Waals surface area contributed by atoms with E-state index in [4.69, 9.17) is 23.2 Å². The van der Waals surface area contributed by atoms with Crippen molar-refractivity contribution in [1.82, 2.24) is 9.78 Å². The molecule has 0 amide bonds. The largest absolute Gasteiger partial charge is 0.270 e. The zero-order chi connectivity index (χ0) is 14.6. The molecule has 2 nitrogen and oxygen atoms in total. The van der Waals surface area contributed by atoms with Gasteiger partial charge in [0.15, 0.2) is 0 Å². The molecule has 1 aromatic heterocycles. The van der Waals surface area contributed by atoms with Crippen molar-refractivity contribution >= 4 is 23.2 Å². The van der Waals surface area contributed by atoms with Crippen molar-refractivity contribution in [3.05, 3.63) is 53.3 Å². The number of aromatic nitrogens is 2. The highest BCUT2D eigenvalue weighted by molar-refractivity contribution is 6.22. The second kappa shape index (κ2) is 6.64. The molecular weight excluding hydrogens is 291 g/mol. The van der Waals surface area contributed by atoms with Gasteiger partial charge in [0.05, 0.1) is 5.69 Å². The van der Waals surface area contributed by atoms with Gasteiger partial charge >= 0.3 is 0 Å². The van der Waals surface area contributed by atoms with E-state index >= 15 is 0 Å². The van der Waals surface area contributed by atoms with E-state index in [-0.39, 0.29) is 5.41 Å². The minimum absolute atomic E-state index is 0.246. The molecule has 1 aromatic carbocycles. The van der Waals surface area contributed by atoms with Crippen molar-refractivity contribution in [3.63, 3.8) is 0 Å². The average Bonchev–Trinajstić information content (AvgIpc) is 2.85. The molecule has 0 atom stereocenters. The van der Waals surface area contributed by atoms with Crippen molar-refractivity contribution in [2.75, 3.05) is 11.8 Å². The third-order valence-corrected chi connectivity index (χ3v) is 4.73. The summed E-state index contributed by atoms with van der Waals surface area (Å²) in [5, 5.41) is 4.51. The quantitative estimate of drug-likeness (QED) is 0.732. The number of benzene rings is 1. The Labute approximate surface area is 130 Å². The predicted octanol–water partition coefficient (Wildman–Crippen LogP) is 4.17. The van der Waals surface area contributed by atoms with Crippen LogP contribution in [0.5, 0.6) is 0 Å². The van der Waals surface area contributed by atoms with E-state index in [1.807, 2.05) is 29.8 Å². The van der Waals surface area contributed by atoms with Gasteiger partial charge in [-0.1, -0.05) is 30.3 Å². The van der Waals surface area contributed by atoms with Gasteiger partial charge in [-0.15, -0.1) is 23.2 Å². The third kappa shape index (κ3) is 3.02. The molecule has 0 aliphatic rings. The van der Waals surface area contributed by atoms with E-state index in [0.717, 1.165) is 18.7 Å². The summed E-state index contributed by atoms with van der Waals surface area (Å²) in [5.74, 6) is 0.989. The lowest BCUT2D eigenvalue weighted by Gasteiger charge is -2.30. The summed E-state index contributed by atoms with van der Waals surface area (Å²) in [6.45, 7) is 4.97. The lowest BCUT2D eigenvalue weighted by Crippen LogP contribution is -2.34. The first-order chi connectivity index (χ1) is 9.65. The highest BCUT2D eigenvalue weighted by Crippen LogP contribution is 2.31. The molecule has 0 saturated heterocycles. The van der Waals surface area contributed by atoms with Crippen LogP contribution in [0.3, 0.4) is 0 Å². The van der Waals surface area contributed by atoms with Crippen LogP contribution in [0.15, 0.2) is 36.4 Å². The highest BCUT2D eigenvalue weighted by Gasteiger charge is 2.32. The second-order valence-corrected chi connectivity index (χ2v) is 5.72. The summed E-state index contributed by atoms with van der Waals surface area (Å²) in [6, 6.07) is 12.4. The van der Waals surface area contributed by atoms with Gasteiger partial charge in [0.25, 0.3) is 0 Å². The first-order valence-electron chi connectivity index (χ1n) is 6.86. The molecule has 0 unspecified atom stereocenters. The first kappa shape index (κ1) is 15.4. The Morgan fingerprint density at radius 2 is 1.80 bits per heavy atom. The topological polar surface area (TPSA) is 17.8 Å². The molecular formula is C16H20Cl2N2. The Balaban J connectivity index is 2.39. The lowest BCUT2D eigenvalue weighted by atomic mass is 9.80. The van der Waals surface area contributed by atoms with Crippen LogP contribution in [0.1, 0.15) is 23.9 Å². The van der Waals surface area contributed by atoms with Crippen molar-refractivity contribution in [1.29, 1.82) is 0 Å². The summed E-state index contributed by atoms with van der Waals surface area (Å²) in [4.78, 5) is 0. The molecule has 0 spiro atoms. The summed E-state index contributed by atoms with van der Waals surface area (Å²) in [7, 11) is 0. The highest BCUT2D eigenvalue weighted by atomic mass is 35.5. The minimum atomic E-state index is -0.246.